The third-order valence-corrected chi connectivity index (χ3v) is 13.2. The predicted molar refractivity (Wildman–Crippen MR) is 264 cm³/mol. The summed E-state index contributed by atoms with van der Waals surface area (Å²) < 4.78 is 31.3. The fourth-order valence-corrected chi connectivity index (χ4v) is 8.97. The molecule has 59 heavy (non-hydrogen) atoms. The van der Waals surface area contributed by atoms with Crippen molar-refractivity contribution >= 4 is 7.82 Å². The van der Waals surface area contributed by atoms with E-state index in [-0.39, 0.29) is 0 Å². The molecule has 0 N–H and O–H groups in total. The first-order chi connectivity index (χ1) is 29.2. The molecule has 0 aliphatic heterocycles. The van der Waals surface area contributed by atoms with Crippen LogP contribution in [0.1, 0.15) is 290 Å². The lowest BCUT2D eigenvalue weighted by atomic mass is 10.1. The van der Waals surface area contributed by atoms with Gasteiger partial charge in [-0.15, -0.1) is 0 Å². The second-order valence-corrected chi connectivity index (χ2v) is 19.4. The maximum absolute atomic E-state index is 13.6. The highest BCUT2D eigenvalue weighted by atomic mass is 31.2. The molecular weight excluding hydrogens is 744 g/mol. The largest absolute Gasteiger partial charge is 0.474 e. The molecule has 350 valence electrons. The monoisotopic (exact) mass is 849 g/mol. The van der Waals surface area contributed by atoms with Gasteiger partial charge >= 0.3 is 7.82 Å². The van der Waals surface area contributed by atoms with Crippen LogP contribution in [0.3, 0.4) is 0 Å². The minimum Gasteiger partial charge on any atom is -0.287 e. The van der Waals surface area contributed by atoms with Gasteiger partial charge in [0.2, 0.25) is 0 Å². The molecule has 0 radical (unpaired) electrons. The van der Waals surface area contributed by atoms with E-state index in [1.807, 2.05) is 0 Å². The lowest BCUT2D eigenvalue weighted by molar-refractivity contribution is 0.108. The van der Waals surface area contributed by atoms with Crippen LogP contribution >= 0.6 is 7.82 Å². The normalized spacial score (nSPS) is 13.2. The lowest BCUT2D eigenvalue weighted by Crippen LogP contribution is -2.04. The zero-order chi connectivity index (χ0) is 42.7. The highest BCUT2D eigenvalue weighted by Crippen LogP contribution is 2.50. The number of hydrogen-bond acceptors (Lipinski definition) is 4. The van der Waals surface area contributed by atoms with E-state index in [1.54, 1.807) is 0 Å². The molecule has 0 spiro atoms. The molecule has 0 unspecified atom stereocenters. The van der Waals surface area contributed by atoms with E-state index in [9.17, 15) is 4.57 Å². The van der Waals surface area contributed by atoms with E-state index in [0.717, 1.165) is 38.5 Å². The lowest BCUT2D eigenvalue weighted by Gasteiger charge is -2.18. The number of unbranched alkanes of at least 4 members (excludes halogenated alkanes) is 36. The Morgan fingerprint density at radius 3 is 0.627 bits per heavy atom. The SMILES string of the molecule is CCCCCCCCC=CCCCCCCCCOP(=O)(OCCCCCCCCC=CCCCCCCCC)OCCCCCCCCC=CCCCCCCCC. The van der Waals surface area contributed by atoms with E-state index < -0.39 is 7.82 Å². The summed E-state index contributed by atoms with van der Waals surface area (Å²) in [4.78, 5) is 0. The van der Waals surface area contributed by atoms with Crippen molar-refractivity contribution in [3.05, 3.63) is 36.5 Å². The van der Waals surface area contributed by atoms with E-state index in [2.05, 4.69) is 57.2 Å². The Balaban J connectivity index is 4.18. The molecule has 0 fully saturated rings. The van der Waals surface area contributed by atoms with Crippen LogP contribution in [0.2, 0.25) is 0 Å². The molecular formula is C54H105O4P. The van der Waals surface area contributed by atoms with Crippen LogP contribution in [0.15, 0.2) is 36.5 Å². The van der Waals surface area contributed by atoms with Gasteiger partial charge in [0.25, 0.3) is 0 Å². The Labute approximate surface area is 371 Å². The van der Waals surface area contributed by atoms with Crippen molar-refractivity contribution in [3.63, 3.8) is 0 Å². The standard InChI is InChI=1S/C54H105O4P/c1-4-7-10-13-16-19-22-25-28-31-34-37-40-43-46-49-52-56-59(55,57-53-50-47-44-41-38-35-32-29-26-23-20-17-14-11-8-5-2)58-54-51-48-45-42-39-36-33-30-27-24-21-18-15-12-9-6-3/h25-30H,4-24,31-54H2,1-3H3. The van der Waals surface area contributed by atoms with Crippen molar-refractivity contribution < 1.29 is 18.1 Å². The van der Waals surface area contributed by atoms with Gasteiger partial charge in [-0.1, -0.05) is 231 Å². The fourth-order valence-electron chi connectivity index (χ4n) is 7.69. The number of phosphoric acid groups is 1. The summed E-state index contributed by atoms with van der Waals surface area (Å²) in [6, 6.07) is 0. The molecule has 0 aromatic heterocycles. The second kappa shape index (κ2) is 51.7. The third kappa shape index (κ3) is 49.9. The highest BCUT2D eigenvalue weighted by Gasteiger charge is 2.26. The zero-order valence-electron chi connectivity index (χ0n) is 40.4. The van der Waals surface area contributed by atoms with Crippen LogP contribution in [-0.4, -0.2) is 19.8 Å². The van der Waals surface area contributed by atoms with Crippen molar-refractivity contribution in [2.75, 3.05) is 19.8 Å². The molecule has 0 rings (SSSR count). The molecule has 0 saturated heterocycles. The number of rotatable bonds is 51. The highest BCUT2D eigenvalue weighted by molar-refractivity contribution is 7.48. The molecule has 0 aromatic rings. The number of phosphoric ester groups is 1. The van der Waals surface area contributed by atoms with Crippen LogP contribution in [0, 0.1) is 0 Å². The van der Waals surface area contributed by atoms with E-state index in [1.165, 1.54) is 231 Å². The van der Waals surface area contributed by atoms with Gasteiger partial charge in [-0.3, -0.25) is 13.6 Å². The summed E-state index contributed by atoms with van der Waals surface area (Å²) in [6.07, 6.45) is 67.8. The summed E-state index contributed by atoms with van der Waals surface area (Å²) in [5.74, 6) is 0. The van der Waals surface area contributed by atoms with E-state index in [4.69, 9.17) is 13.6 Å². The van der Waals surface area contributed by atoms with Crippen molar-refractivity contribution in [2.24, 2.45) is 0 Å². The first-order valence-electron chi connectivity index (χ1n) is 26.7. The summed E-state index contributed by atoms with van der Waals surface area (Å²) in [6.45, 7) is 8.22. The van der Waals surface area contributed by atoms with Gasteiger partial charge in [-0.25, -0.2) is 4.57 Å². The predicted octanol–water partition coefficient (Wildman–Crippen LogP) is 20.3. The molecule has 0 aromatic carbocycles. The fraction of sp³-hybridized carbons (Fsp3) is 0.889. The van der Waals surface area contributed by atoms with Gasteiger partial charge in [-0.2, -0.15) is 0 Å². The molecule has 0 atom stereocenters. The van der Waals surface area contributed by atoms with Crippen molar-refractivity contribution in [2.45, 2.75) is 290 Å². The van der Waals surface area contributed by atoms with Crippen LogP contribution in [0.5, 0.6) is 0 Å². The maximum atomic E-state index is 13.6. The Morgan fingerprint density at radius 1 is 0.254 bits per heavy atom. The summed E-state index contributed by atoms with van der Waals surface area (Å²) in [7, 11) is -3.51. The number of allylic oxidation sites excluding steroid dienone is 6. The van der Waals surface area contributed by atoms with Gasteiger partial charge in [0.15, 0.2) is 0 Å². The van der Waals surface area contributed by atoms with Gasteiger partial charge in [0, 0.05) is 0 Å². The minimum atomic E-state index is -3.51. The molecule has 0 aliphatic rings. The Morgan fingerprint density at radius 2 is 0.424 bits per heavy atom. The van der Waals surface area contributed by atoms with Gasteiger partial charge in [0.1, 0.15) is 0 Å². The zero-order valence-corrected chi connectivity index (χ0v) is 41.3. The van der Waals surface area contributed by atoms with Gasteiger partial charge in [0.05, 0.1) is 19.8 Å². The van der Waals surface area contributed by atoms with Crippen LogP contribution in [-0.2, 0) is 18.1 Å². The quantitative estimate of drug-likeness (QED) is 0.0347. The van der Waals surface area contributed by atoms with Crippen LogP contribution < -0.4 is 0 Å². The molecule has 0 saturated carbocycles. The van der Waals surface area contributed by atoms with E-state index >= 15 is 0 Å². The minimum absolute atomic E-state index is 0.458. The number of hydrogen-bond donors (Lipinski definition) is 0. The molecule has 4 nitrogen and oxygen atoms in total. The molecule has 5 heteroatoms. The average molecular weight is 849 g/mol. The molecule has 0 amide bonds. The Hall–Kier alpha value is -0.670. The molecule has 0 heterocycles. The maximum Gasteiger partial charge on any atom is 0.474 e. The smallest absolute Gasteiger partial charge is 0.287 e. The van der Waals surface area contributed by atoms with Gasteiger partial charge < -0.3 is 0 Å². The first kappa shape index (κ1) is 58.3. The second-order valence-electron chi connectivity index (χ2n) is 17.8. The molecule has 0 bridgehead atoms. The first-order valence-corrected chi connectivity index (χ1v) is 28.1. The van der Waals surface area contributed by atoms with Crippen molar-refractivity contribution in [1.82, 2.24) is 0 Å². The van der Waals surface area contributed by atoms with Gasteiger partial charge in [-0.05, 0) is 96.3 Å². The summed E-state index contributed by atoms with van der Waals surface area (Å²) in [5.41, 5.74) is 0. The summed E-state index contributed by atoms with van der Waals surface area (Å²) >= 11 is 0. The van der Waals surface area contributed by atoms with Crippen LogP contribution in [0.4, 0.5) is 0 Å². The van der Waals surface area contributed by atoms with E-state index in [0.29, 0.717) is 19.8 Å². The summed E-state index contributed by atoms with van der Waals surface area (Å²) in [5, 5.41) is 0. The van der Waals surface area contributed by atoms with Crippen molar-refractivity contribution in [3.8, 4) is 0 Å². The van der Waals surface area contributed by atoms with Crippen LogP contribution in [0.25, 0.3) is 0 Å². The average Bonchev–Trinajstić information content (AvgIpc) is 3.24. The topological polar surface area (TPSA) is 44.8 Å². The Kier molecular flexibility index (Phi) is 51.1. The Bertz CT molecular complexity index is 800. The van der Waals surface area contributed by atoms with Crippen molar-refractivity contribution in [1.29, 1.82) is 0 Å². The molecule has 0 aliphatic carbocycles. The third-order valence-electron chi connectivity index (χ3n) is 11.7.